The summed E-state index contributed by atoms with van der Waals surface area (Å²) < 4.78 is 13.0. The number of hydrogen-bond donors (Lipinski definition) is 3. The first kappa shape index (κ1) is 21.0. The molecule has 0 aliphatic carbocycles. The van der Waals surface area contributed by atoms with Gasteiger partial charge in [0.2, 0.25) is 0 Å². The van der Waals surface area contributed by atoms with E-state index in [2.05, 4.69) is 53.2 Å². The number of aliphatic hydroxyl groups is 1. The largest absolute Gasteiger partial charge is 0.382 e. The number of morpholine rings is 1. The zero-order valence-electron chi connectivity index (χ0n) is 17.0. The average molecular weight is 390 g/mol. The first-order valence-corrected chi connectivity index (χ1v) is 10.3. The first-order valence-electron chi connectivity index (χ1n) is 10.3. The van der Waals surface area contributed by atoms with Crippen LogP contribution in [0.5, 0.6) is 0 Å². The molecule has 6 nitrogen and oxygen atoms in total. The molecule has 0 spiro atoms. The lowest BCUT2D eigenvalue weighted by atomic mass is 10.2. The molecule has 1 saturated heterocycles. The van der Waals surface area contributed by atoms with Crippen LogP contribution < -0.4 is 9.80 Å². The Morgan fingerprint density at radius 3 is 2.71 bits per heavy atom. The zero-order valence-corrected chi connectivity index (χ0v) is 17.0. The Bertz CT molecular complexity index is 671. The standard InChI is InChI=1S/C22H33N3O3/c1-27-13-10-24(19-22(26)18-23-11-14-28-15-12-23)17-21-8-5-9-25(21)16-20-6-3-2-4-7-20/h2-9,22,26H,10-19H2,1H3/p+2/t22-/m1/s1. The quantitative estimate of drug-likeness (QED) is 0.455. The van der Waals surface area contributed by atoms with E-state index in [0.717, 1.165) is 59.0 Å². The van der Waals surface area contributed by atoms with Crippen LogP contribution in [0.1, 0.15) is 11.3 Å². The van der Waals surface area contributed by atoms with Crippen LogP contribution in [0.3, 0.4) is 0 Å². The fourth-order valence-corrected chi connectivity index (χ4v) is 3.91. The minimum atomic E-state index is -0.308. The van der Waals surface area contributed by atoms with Gasteiger partial charge in [-0.3, -0.25) is 0 Å². The molecule has 1 aromatic carbocycles. The number of ether oxygens (including phenoxy) is 2. The number of hydrogen-bond acceptors (Lipinski definition) is 3. The predicted molar refractivity (Wildman–Crippen MR) is 109 cm³/mol. The summed E-state index contributed by atoms with van der Waals surface area (Å²) in [5, 5.41) is 10.7. The lowest BCUT2D eigenvalue weighted by Crippen LogP contribution is -3.17. The molecule has 0 radical (unpaired) electrons. The van der Waals surface area contributed by atoms with Crippen molar-refractivity contribution in [1.82, 2.24) is 4.57 Å². The van der Waals surface area contributed by atoms with Gasteiger partial charge < -0.3 is 28.9 Å². The van der Waals surface area contributed by atoms with Crippen molar-refractivity contribution < 1.29 is 24.4 Å². The van der Waals surface area contributed by atoms with Gasteiger partial charge in [0.15, 0.2) is 6.10 Å². The predicted octanol–water partition coefficient (Wildman–Crippen LogP) is -1.16. The van der Waals surface area contributed by atoms with Gasteiger partial charge in [-0.2, -0.15) is 0 Å². The normalized spacial score (nSPS) is 17.5. The maximum absolute atomic E-state index is 10.7. The summed E-state index contributed by atoms with van der Waals surface area (Å²) >= 11 is 0. The van der Waals surface area contributed by atoms with E-state index in [-0.39, 0.29) is 6.10 Å². The third kappa shape index (κ3) is 6.72. The fraction of sp³-hybridized carbons (Fsp3) is 0.545. The van der Waals surface area contributed by atoms with Crippen LogP contribution >= 0.6 is 0 Å². The Balaban J connectivity index is 1.58. The maximum Gasteiger partial charge on any atom is 0.152 e. The van der Waals surface area contributed by atoms with Crippen molar-refractivity contribution in [3.8, 4) is 0 Å². The summed E-state index contributed by atoms with van der Waals surface area (Å²) in [5.74, 6) is 0. The molecule has 6 heteroatoms. The highest BCUT2D eigenvalue weighted by Gasteiger charge is 2.23. The van der Waals surface area contributed by atoms with Crippen LogP contribution in [-0.2, 0) is 22.6 Å². The molecule has 3 N–H and O–H groups in total. The van der Waals surface area contributed by atoms with E-state index in [1.54, 1.807) is 7.11 Å². The van der Waals surface area contributed by atoms with Crippen LogP contribution in [0.15, 0.2) is 48.7 Å². The molecule has 1 fully saturated rings. The van der Waals surface area contributed by atoms with Crippen LogP contribution in [0.4, 0.5) is 0 Å². The Labute approximate surface area is 168 Å². The molecule has 3 rings (SSSR count). The molecule has 2 atom stereocenters. The van der Waals surface area contributed by atoms with Gasteiger partial charge in [0.05, 0.1) is 25.5 Å². The van der Waals surface area contributed by atoms with Gasteiger partial charge in [0.1, 0.15) is 39.3 Å². The third-order valence-electron chi connectivity index (χ3n) is 5.46. The van der Waals surface area contributed by atoms with Crippen molar-refractivity contribution in [2.45, 2.75) is 19.2 Å². The summed E-state index contributed by atoms with van der Waals surface area (Å²) in [6.07, 6.45) is 1.84. The SMILES string of the molecule is COCC[NH+](Cc1cccn1Cc1ccccc1)C[C@H](O)C[NH+]1CCOCC1. The molecule has 2 aromatic rings. The van der Waals surface area contributed by atoms with Crippen LogP contribution in [0, 0.1) is 0 Å². The molecular formula is C22H35N3O3+2. The monoisotopic (exact) mass is 389 g/mol. The van der Waals surface area contributed by atoms with Crippen molar-refractivity contribution >= 4 is 0 Å². The fourth-order valence-electron chi connectivity index (χ4n) is 3.91. The number of methoxy groups -OCH3 is 1. The highest BCUT2D eigenvalue weighted by atomic mass is 16.5. The van der Waals surface area contributed by atoms with E-state index in [9.17, 15) is 5.11 Å². The highest BCUT2D eigenvalue weighted by molar-refractivity contribution is 5.17. The van der Waals surface area contributed by atoms with E-state index in [1.165, 1.54) is 21.1 Å². The Kier molecular flexibility index (Phi) is 8.51. The van der Waals surface area contributed by atoms with Gasteiger partial charge in [-0.15, -0.1) is 0 Å². The molecular weight excluding hydrogens is 354 g/mol. The summed E-state index contributed by atoms with van der Waals surface area (Å²) in [5.41, 5.74) is 2.59. The summed E-state index contributed by atoms with van der Waals surface area (Å²) in [7, 11) is 1.74. The van der Waals surface area contributed by atoms with Crippen molar-refractivity contribution in [3.63, 3.8) is 0 Å². The molecule has 1 aromatic heterocycles. The second-order valence-corrected chi connectivity index (χ2v) is 7.71. The van der Waals surface area contributed by atoms with Gasteiger partial charge in [-0.25, -0.2) is 0 Å². The molecule has 1 unspecified atom stereocenters. The number of nitrogens with zero attached hydrogens (tertiary/aromatic N) is 1. The molecule has 28 heavy (non-hydrogen) atoms. The Hall–Kier alpha value is -1.70. The number of rotatable bonds is 11. The third-order valence-corrected chi connectivity index (χ3v) is 5.46. The summed E-state index contributed by atoms with van der Waals surface area (Å²) in [6, 6.07) is 14.8. The second-order valence-electron chi connectivity index (χ2n) is 7.71. The van der Waals surface area contributed by atoms with Gasteiger partial charge in [0, 0.05) is 19.9 Å². The van der Waals surface area contributed by atoms with E-state index in [0.29, 0.717) is 6.61 Å². The molecule has 0 amide bonds. The second kappa shape index (κ2) is 11.3. The molecule has 0 saturated carbocycles. The van der Waals surface area contributed by atoms with E-state index in [1.807, 2.05) is 0 Å². The minimum Gasteiger partial charge on any atom is -0.382 e. The number of benzene rings is 1. The molecule has 154 valence electrons. The Morgan fingerprint density at radius 1 is 1.18 bits per heavy atom. The van der Waals surface area contributed by atoms with Gasteiger partial charge in [-0.1, -0.05) is 30.3 Å². The smallest absolute Gasteiger partial charge is 0.152 e. The number of quaternary nitrogens is 2. The minimum absolute atomic E-state index is 0.308. The summed E-state index contributed by atoms with van der Waals surface area (Å²) in [6.45, 7) is 8.47. The van der Waals surface area contributed by atoms with Crippen LogP contribution in [-0.4, -0.2) is 75.4 Å². The van der Waals surface area contributed by atoms with Crippen molar-refractivity contribution in [1.29, 1.82) is 0 Å². The zero-order chi connectivity index (χ0) is 19.6. The van der Waals surface area contributed by atoms with Crippen molar-refractivity contribution in [2.75, 3.05) is 59.7 Å². The number of nitrogens with one attached hydrogen (secondary N) is 2. The van der Waals surface area contributed by atoms with Crippen LogP contribution in [0.2, 0.25) is 0 Å². The lowest BCUT2D eigenvalue weighted by Gasteiger charge is -2.27. The van der Waals surface area contributed by atoms with Gasteiger partial charge in [-0.05, 0) is 17.7 Å². The van der Waals surface area contributed by atoms with E-state index < -0.39 is 0 Å². The van der Waals surface area contributed by atoms with Crippen molar-refractivity contribution in [2.24, 2.45) is 0 Å². The maximum atomic E-state index is 10.7. The summed E-state index contributed by atoms with van der Waals surface area (Å²) in [4.78, 5) is 2.80. The van der Waals surface area contributed by atoms with E-state index in [4.69, 9.17) is 9.47 Å². The molecule has 1 aliphatic rings. The molecule has 1 aliphatic heterocycles. The molecule has 0 bridgehead atoms. The Morgan fingerprint density at radius 2 is 1.96 bits per heavy atom. The van der Waals surface area contributed by atoms with Gasteiger partial charge in [0.25, 0.3) is 0 Å². The number of aliphatic hydroxyl groups excluding tert-OH is 1. The topological polar surface area (TPSA) is 52.5 Å². The first-order chi connectivity index (χ1) is 13.7. The lowest BCUT2D eigenvalue weighted by molar-refractivity contribution is -0.935. The van der Waals surface area contributed by atoms with Gasteiger partial charge >= 0.3 is 0 Å². The average Bonchev–Trinajstić information content (AvgIpc) is 3.14. The highest BCUT2D eigenvalue weighted by Crippen LogP contribution is 2.07. The van der Waals surface area contributed by atoms with E-state index >= 15 is 0 Å². The number of aromatic nitrogens is 1. The molecule has 2 heterocycles. The van der Waals surface area contributed by atoms with Crippen LogP contribution in [0.25, 0.3) is 0 Å². The van der Waals surface area contributed by atoms with Crippen molar-refractivity contribution in [3.05, 3.63) is 59.9 Å².